The van der Waals surface area contributed by atoms with Crippen molar-refractivity contribution >= 4 is 44.6 Å². The van der Waals surface area contributed by atoms with Gasteiger partial charge in [0, 0.05) is 27.6 Å². The smallest absolute Gasteiger partial charge is 0.335 e. The van der Waals surface area contributed by atoms with Crippen LogP contribution < -0.4 is 4.90 Å². The average molecular weight is 562 g/mol. The number of carbonyl (C=O) groups is 1. The maximum absolute atomic E-state index is 11.8. The SMILES string of the molecule is CCc1ccc2cc3ccccc3c(N(c3ccc(C(=O)O)cc3)c3ccc4c(c3)C(CC)(CC)c3ccccc3-4)c2c1. The zero-order valence-corrected chi connectivity index (χ0v) is 24.9. The fourth-order valence-corrected chi connectivity index (χ4v) is 7.30. The van der Waals surface area contributed by atoms with Crippen LogP contribution in [0.1, 0.15) is 60.7 Å². The van der Waals surface area contributed by atoms with Crippen molar-refractivity contribution in [2.75, 3.05) is 4.90 Å². The molecule has 1 N–H and O–H groups in total. The van der Waals surface area contributed by atoms with Gasteiger partial charge in [-0.15, -0.1) is 0 Å². The highest BCUT2D eigenvalue weighted by atomic mass is 16.4. The number of carboxylic acids is 1. The number of aromatic carboxylic acids is 1. The van der Waals surface area contributed by atoms with Gasteiger partial charge >= 0.3 is 5.97 Å². The lowest BCUT2D eigenvalue weighted by molar-refractivity contribution is 0.0697. The molecule has 0 aromatic heterocycles. The molecule has 7 rings (SSSR count). The standard InChI is InChI=1S/C40H35NO2/c1-4-26-15-16-29-24-28-11-7-8-12-32(28)38(35(29)23-26)41(30-19-17-27(18-20-30)39(42)43)31-21-22-34-33-13-9-10-14-36(33)40(5-2,6-3)37(34)25-31/h7-25H,4-6H2,1-3H3,(H,42,43). The van der Waals surface area contributed by atoms with Gasteiger partial charge in [-0.3, -0.25) is 0 Å². The van der Waals surface area contributed by atoms with E-state index in [1.165, 1.54) is 44.0 Å². The van der Waals surface area contributed by atoms with Gasteiger partial charge in [0.1, 0.15) is 0 Å². The second-order valence-corrected chi connectivity index (χ2v) is 11.6. The number of carboxylic acid groups (broad SMARTS) is 1. The van der Waals surface area contributed by atoms with E-state index in [-0.39, 0.29) is 11.0 Å². The Morgan fingerprint density at radius 2 is 1.33 bits per heavy atom. The molecule has 6 aromatic rings. The molecule has 43 heavy (non-hydrogen) atoms. The summed E-state index contributed by atoms with van der Waals surface area (Å²) in [5, 5.41) is 14.4. The van der Waals surface area contributed by atoms with Crippen LogP contribution in [-0.4, -0.2) is 11.1 Å². The summed E-state index contributed by atoms with van der Waals surface area (Å²) in [5.74, 6) is -0.924. The third kappa shape index (κ3) is 4.14. The van der Waals surface area contributed by atoms with Gasteiger partial charge < -0.3 is 10.0 Å². The van der Waals surface area contributed by atoms with Gasteiger partial charge in [-0.2, -0.15) is 0 Å². The Hall–Kier alpha value is -4.89. The molecule has 1 aliphatic rings. The fourth-order valence-electron chi connectivity index (χ4n) is 7.30. The molecule has 0 radical (unpaired) electrons. The van der Waals surface area contributed by atoms with E-state index in [0.29, 0.717) is 0 Å². The molecule has 212 valence electrons. The number of aryl methyl sites for hydroxylation is 1. The number of hydrogen-bond acceptors (Lipinski definition) is 2. The Balaban J connectivity index is 1.56. The summed E-state index contributed by atoms with van der Waals surface area (Å²) in [7, 11) is 0. The Labute approximate surface area is 253 Å². The van der Waals surface area contributed by atoms with Gasteiger partial charge in [0.25, 0.3) is 0 Å². The molecule has 0 atom stereocenters. The van der Waals surface area contributed by atoms with E-state index in [4.69, 9.17) is 0 Å². The lowest BCUT2D eigenvalue weighted by Gasteiger charge is -2.32. The molecule has 6 aromatic carbocycles. The predicted molar refractivity (Wildman–Crippen MR) is 179 cm³/mol. The highest BCUT2D eigenvalue weighted by molar-refractivity contribution is 6.14. The number of fused-ring (bicyclic) bond motifs is 5. The minimum atomic E-state index is -0.924. The van der Waals surface area contributed by atoms with E-state index in [0.717, 1.165) is 41.7 Å². The first-order valence-electron chi connectivity index (χ1n) is 15.3. The fraction of sp³-hybridized carbons (Fsp3) is 0.175. The van der Waals surface area contributed by atoms with Crippen molar-refractivity contribution in [2.24, 2.45) is 0 Å². The van der Waals surface area contributed by atoms with Crippen molar-refractivity contribution in [3.63, 3.8) is 0 Å². The van der Waals surface area contributed by atoms with Crippen LogP contribution >= 0.6 is 0 Å². The molecule has 1 aliphatic carbocycles. The van der Waals surface area contributed by atoms with Crippen LogP contribution in [0.4, 0.5) is 17.1 Å². The number of anilines is 3. The topological polar surface area (TPSA) is 40.5 Å². The third-order valence-corrected chi connectivity index (χ3v) is 9.62. The van der Waals surface area contributed by atoms with Crippen molar-refractivity contribution in [2.45, 2.75) is 45.4 Å². The van der Waals surface area contributed by atoms with Gasteiger partial charge in [-0.1, -0.05) is 87.5 Å². The molecule has 3 heteroatoms. The average Bonchev–Trinajstić information content (AvgIpc) is 3.34. The normalized spacial score (nSPS) is 13.2. The van der Waals surface area contributed by atoms with Gasteiger partial charge in [-0.05, 0) is 106 Å². The van der Waals surface area contributed by atoms with Gasteiger partial charge in [0.15, 0.2) is 0 Å². The van der Waals surface area contributed by atoms with Crippen LogP contribution in [0.2, 0.25) is 0 Å². The molecule has 0 fully saturated rings. The molecule has 0 saturated heterocycles. The Bertz CT molecular complexity index is 2020. The summed E-state index contributed by atoms with van der Waals surface area (Å²) >= 11 is 0. The van der Waals surface area contributed by atoms with E-state index in [1.807, 2.05) is 12.1 Å². The number of rotatable bonds is 7. The highest BCUT2D eigenvalue weighted by Crippen LogP contribution is 2.54. The van der Waals surface area contributed by atoms with E-state index in [9.17, 15) is 9.90 Å². The molecule has 0 heterocycles. The molecule has 0 spiro atoms. The number of hydrogen-bond donors (Lipinski definition) is 1. The second-order valence-electron chi connectivity index (χ2n) is 11.6. The quantitative estimate of drug-likeness (QED) is 0.197. The Kier molecular flexibility index (Phi) is 6.54. The monoisotopic (exact) mass is 561 g/mol. The zero-order valence-electron chi connectivity index (χ0n) is 24.9. The van der Waals surface area contributed by atoms with Crippen LogP contribution in [0, 0.1) is 0 Å². The van der Waals surface area contributed by atoms with Gasteiger partial charge in [0.2, 0.25) is 0 Å². The summed E-state index contributed by atoms with van der Waals surface area (Å²) in [6, 6.07) is 40.7. The van der Waals surface area contributed by atoms with Gasteiger partial charge in [-0.25, -0.2) is 4.79 Å². The molecular weight excluding hydrogens is 526 g/mol. The largest absolute Gasteiger partial charge is 0.478 e. The van der Waals surface area contributed by atoms with Crippen molar-refractivity contribution in [1.29, 1.82) is 0 Å². The van der Waals surface area contributed by atoms with Crippen molar-refractivity contribution in [3.05, 3.63) is 138 Å². The maximum atomic E-state index is 11.8. The van der Waals surface area contributed by atoms with Crippen molar-refractivity contribution in [1.82, 2.24) is 0 Å². The van der Waals surface area contributed by atoms with Crippen molar-refractivity contribution < 1.29 is 9.90 Å². The predicted octanol–water partition coefficient (Wildman–Crippen LogP) is 10.8. The molecule has 0 amide bonds. The minimum absolute atomic E-state index is 0.0586. The zero-order chi connectivity index (χ0) is 29.7. The Morgan fingerprint density at radius 3 is 2.07 bits per heavy atom. The first-order chi connectivity index (χ1) is 21.0. The van der Waals surface area contributed by atoms with E-state index < -0.39 is 5.97 Å². The van der Waals surface area contributed by atoms with E-state index in [2.05, 4.69) is 117 Å². The lowest BCUT2D eigenvalue weighted by atomic mass is 9.74. The van der Waals surface area contributed by atoms with Crippen LogP contribution in [0.15, 0.2) is 115 Å². The summed E-state index contributed by atoms with van der Waals surface area (Å²) in [5.41, 5.74) is 10.0. The summed E-state index contributed by atoms with van der Waals surface area (Å²) < 4.78 is 0. The molecular formula is C40H35NO2. The molecule has 3 nitrogen and oxygen atoms in total. The number of nitrogens with zero attached hydrogens (tertiary/aromatic N) is 1. The van der Waals surface area contributed by atoms with E-state index >= 15 is 0 Å². The Morgan fingerprint density at radius 1 is 0.651 bits per heavy atom. The van der Waals surface area contributed by atoms with Gasteiger partial charge in [0.05, 0.1) is 11.3 Å². The highest BCUT2D eigenvalue weighted by Gasteiger charge is 2.40. The van der Waals surface area contributed by atoms with Crippen molar-refractivity contribution in [3.8, 4) is 11.1 Å². The second kappa shape index (κ2) is 10.4. The van der Waals surface area contributed by atoms with Crippen LogP contribution in [0.25, 0.3) is 32.7 Å². The summed E-state index contributed by atoms with van der Waals surface area (Å²) in [4.78, 5) is 14.1. The minimum Gasteiger partial charge on any atom is -0.478 e. The number of benzene rings is 6. The van der Waals surface area contributed by atoms with Crippen LogP contribution in [-0.2, 0) is 11.8 Å². The van der Waals surface area contributed by atoms with E-state index in [1.54, 1.807) is 12.1 Å². The van der Waals surface area contributed by atoms with Crippen LogP contribution in [0.3, 0.4) is 0 Å². The molecule has 0 saturated carbocycles. The molecule has 0 unspecified atom stereocenters. The third-order valence-electron chi connectivity index (χ3n) is 9.62. The first-order valence-corrected chi connectivity index (χ1v) is 15.3. The van der Waals surface area contributed by atoms with Crippen LogP contribution in [0.5, 0.6) is 0 Å². The lowest BCUT2D eigenvalue weighted by Crippen LogP contribution is -2.23. The summed E-state index contributed by atoms with van der Waals surface area (Å²) in [6.07, 6.45) is 2.98. The maximum Gasteiger partial charge on any atom is 0.335 e. The summed E-state index contributed by atoms with van der Waals surface area (Å²) in [6.45, 7) is 6.79. The first kappa shape index (κ1) is 27.0. The molecule has 0 aliphatic heterocycles. The molecule has 0 bridgehead atoms.